The van der Waals surface area contributed by atoms with Crippen LogP contribution in [0.2, 0.25) is 0 Å². The minimum absolute atomic E-state index is 0.00706. The molecule has 1 heterocycles. The summed E-state index contributed by atoms with van der Waals surface area (Å²) in [7, 11) is 0. The highest BCUT2D eigenvalue weighted by atomic mass is 127. The highest BCUT2D eigenvalue weighted by molar-refractivity contribution is 14.1. The summed E-state index contributed by atoms with van der Waals surface area (Å²) in [5.41, 5.74) is 9.07. The van der Waals surface area contributed by atoms with Gasteiger partial charge in [0.15, 0.2) is 0 Å². The van der Waals surface area contributed by atoms with Gasteiger partial charge in [-0.1, -0.05) is 0 Å². The first kappa shape index (κ1) is 10.8. The lowest BCUT2D eigenvalue weighted by Crippen LogP contribution is -2.07. The molecule has 2 rings (SSSR count). The number of pyridine rings is 1. The van der Waals surface area contributed by atoms with E-state index < -0.39 is 0 Å². The zero-order valence-electron chi connectivity index (χ0n) is 8.79. The fourth-order valence-electron chi connectivity index (χ4n) is 1.63. The van der Waals surface area contributed by atoms with Crippen molar-refractivity contribution in [2.24, 2.45) is 5.73 Å². The first-order valence-corrected chi connectivity index (χ1v) is 5.98. The Labute approximate surface area is 103 Å². The number of nitrogens with zero attached hydrogens (tertiary/aromatic N) is 1. The zero-order valence-corrected chi connectivity index (χ0v) is 10.9. The standard InChI is InChI=1S/C12H13IN2/c1-7-5-12(8(2)14)15-11-4-3-9(13)6-10(7)11/h3-6,8H,14H2,1-2H3. The smallest absolute Gasteiger partial charge is 0.0709 e. The van der Waals surface area contributed by atoms with Crippen LogP contribution in [0.3, 0.4) is 0 Å². The zero-order chi connectivity index (χ0) is 11.0. The maximum atomic E-state index is 5.84. The number of hydrogen-bond acceptors (Lipinski definition) is 2. The molecule has 0 fully saturated rings. The van der Waals surface area contributed by atoms with Crippen LogP contribution in [0.1, 0.15) is 24.2 Å². The highest BCUT2D eigenvalue weighted by Gasteiger charge is 2.06. The van der Waals surface area contributed by atoms with Crippen LogP contribution in [0.15, 0.2) is 24.3 Å². The van der Waals surface area contributed by atoms with Gasteiger partial charge in [-0.25, -0.2) is 0 Å². The van der Waals surface area contributed by atoms with Gasteiger partial charge in [0.05, 0.1) is 11.2 Å². The normalized spacial score (nSPS) is 13.1. The summed E-state index contributed by atoms with van der Waals surface area (Å²) in [4.78, 5) is 4.55. The second-order valence-electron chi connectivity index (χ2n) is 3.81. The van der Waals surface area contributed by atoms with E-state index in [0.717, 1.165) is 11.2 Å². The molecule has 15 heavy (non-hydrogen) atoms. The van der Waals surface area contributed by atoms with Crippen molar-refractivity contribution in [1.82, 2.24) is 4.98 Å². The van der Waals surface area contributed by atoms with Gasteiger partial charge in [0.2, 0.25) is 0 Å². The lowest BCUT2D eigenvalue weighted by molar-refractivity contribution is 0.785. The predicted molar refractivity (Wildman–Crippen MR) is 71.8 cm³/mol. The number of aromatic nitrogens is 1. The topological polar surface area (TPSA) is 38.9 Å². The number of fused-ring (bicyclic) bond motifs is 1. The first-order chi connectivity index (χ1) is 7.08. The monoisotopic (exact) mass is 312 g/mol. The Bertz CT molecular complexity index is 506. The van der Waals surface area contributed by atoms with E-state index in [-0.39, 0.29) is 6.04 Å². The SMILES string of the molecule is Cc1cc(C(C)N)nc2ccc(I)cc12. The van der Waals surface area contributed by atoms with E-state index in [1.54, 1.807) is 0 Å². The number of halogens is 1. The third kappa shape index (κ3) is 2.13. The van der Waals surface area contributed by atoms with Crippen molar-refractivity contribution in [3.63, 3.8) is 0 Å². The molecule has 1 aromatic heterocycles. The summed E-state index contributed by atoms with van der Waals surface area (Å²) in [5.74, 6) is 0. The summed E-state index contributed by atoms with van der Waals surface area (Å²) < 4.78 is 1.23. The molecule has 0 saturated carbocycles. The number of rotatable bonds is 1. The molecule has 3 heteroatoms. The van der Waals surface area contributed by atoms with Gasteiger partial charge in [0, 0.05) is 15.0 Å². The highest BCUT2D eigenvalue weighted by Crippen LogP contribution is 2.22. The lowest BCUT2D eigenvalue weighted by Gasteiger charge is -2.09. The van der Waals surface area contributed by atoms with Gasteiger partial charge < -0.3 is 5.73 Å². The number of aryl methyl sites for hydroxylation is 1. The molecule has 0 spiro atoms. The Morgan fingerprint density at radius 1 is 1.33 bits per heavy atom. The molecule has 78 valence electrons. The summed E-state index contributed by atoms with van der Waals surface area (Å²) in [5, 5.41) is 1.21. The van der Waals surface area contributed by atoms with Gasteiger partial charge in [-0.05, 0) is 66.3 Å². The third-order valence-corrected chi connectivity index (χ3v) is 3.13. The van der Waals surface area contributed by atoms with Crippen LogP contribution in [-0.4, -0.2) is 4.98 Å². The van der Waals surface area contributed by atoms with Crippen molar-refractivity contribution in [2.45, 2.75) is 19.9 Å². The summed E-state index contributed by atoms with van der Waals surface area (Å²) in [6, 6.07) is 8.34. The number of hydrogen-bond donors (Lipinski definition) is 1. The summed E-state index contributed by atoms with van der Waals surface area (Å²) >= 11 is 2.31. The third-order valence-electron chi connectivity index (χ3n) is 2.46. The summed E-state index contributed by atoms with van der Waals surface area (Å²) in [6.45, 7) is 4.06. The average Bonchev–Trinajstić information content (AvgIpc) is 2.18. The van der Waals surface area contributed by atoms with Crippen molar-refractivity contribution < 1.29 is 0 Å². The minimum atomic E-state index is -0.00706. The molecule has 2 nitrogen and oxygen atoms in total. The van der Waals surface area contributed by atoms with Gasteiger partial charge in [0.25, 0.3) is 0 Å². The second kappa shape index (κ2) is 4.06. The van der Waals surface area contributed by atoms with E-state index in [2.05, 4.69) is 58.8 Å². The van der Waals surface area contributed by atoms with E-state index in [4.69, 9.17) is 5.73 Å². The Hall–Kier alpha value is -0.680. The minimum Gasteiger partial charge on any atom is -0.323 e. The van der Waals surface area contributed by atoms with Crippen LogP contribution in [0.4, 0.5) is 0 Å². The molecule has 1 aromatic carbocycles. The van der Waals surface area contributed by atoms with Crippen molar-refractivity contribution in [3.8, 4) is 0 Å². The van der Waals surface area contributed by atoms with Crippen molar-refractivity contribution in [2.75, 3.05) is 0 Å². The molecule has 1 unspecified atom stereocenters. The van der Waals surface area contributed by atoms with E-state index in [1.807, 2.05) is 6.92 Å². The fourth-order valence-corrected chi connectivity index (χ4v) is 2.12. The molecule has 0 bridgehead atoms. The average molecular weight is 312 g/mol. The predicted octanol–water partition coefficient (Wildman–Crippen LogP) is 3.17. The van der Waals surface area contributed by atoms with Crippen molar-refractivity contribution >= 4 is 33.5 Å². The molecule has 0 saturated heterocycles. The summed E-state index contributed by atoms with van der Waals surface area (Å²) in [6.07, 6.45) is 0. The second-order valence-corrected chi connectivity index (χ2v) is 5.06. The molecule has 0 amide bonds. The van der Waals surface area contributed by atoms with Gasteiger partial charge in [-0.15, -0.1) is 0 Å². The van der Waals surface area contributed by atoms with E-state index in [9.17, 15) is 0 Å². The van der Waals surface area contributed by atoms with Crippen LogP contribution in [0.5, 0.6) is 0 Å². The molecule has 0 radical (unpaired) electrons. The molecule has 0 aliphatic rings. The van der Waals surface area contributed by atoms with Crippen LogP contribution < -0.4 is 5.73 Å². The Balaban J connectivity index is 2.73. The molecule has 0 aliphatic heterocycles. The van der Waals surface area contributed by atoms with Crippen LogP contribution >= 0.6 is 22.6 Å². The van der Waals surface area contributed by atoms with Gasteiger partial charge in [0.1, 0.15) is 0 Å². The molecular formula is C12H13IN2. The maximum Gasteiger partial charge on any atom is 0.0709 e. The van der Waals surface area contributed by atoms with Crippen LogP contribution in [-0.2, 0) is 0 Å². The lowest BCUT2D eigenvalue weighted by atomic mass is 10.1. The van der Waals surface area contributed by atoms with Crippen LogP contribution in [0.25, 0.3) is 10.9 Å². The molecule has 2 aromatic rings. The van der Waals surface area contributed by atoms with E-state index >= 15 is 0 Å². The molecule has 1 atom stereocenters. The Morgan fingerprint density at radius 2 is 2.07 bits per heavy atom. The molecular weight excluding hydrogens is 299 g/mol. The number of benzene rings is 1. The fraction of sp³-hybridized carbons (Fsp3) is 0.250. The van der Waals surface area contributed by atoms with Crippen molar-refractivity contribution in [1.29, 1.82) is 0 Å². The number of nitrogens with two attached hydrogens (primary N) is 1. The largest absolute Gasteiger partial charge is 0.323 e. The first-order valence-electron chi connectivity index (χ1n) is 4.90. The Morgan fingerprint density at radius 3 is 2.73 bits per heavy atom. The van der Waals surface area contributed by atoms with Gasteiger partial charge >= 0.3 is 0 Å². The van der Waals surface area contributed by atoms with E-state index in [0.29, 0.717) is 0 Å². The van der Waals surface area contributed by atoms with Gasteiger partial charge in [-0.3, -0.25) is 4.98 Å². The molecule has 0 aliphatic carbocycles. The Kier molecular flexibility index (Phi) is 2.93. The molecule has 2 N–H and O–H groups in total. The quantitative estimate of drug-likeness (QED) is 0.822. The van der Waals surface area contributed by atoms with Crippen LogP contribution in [0, 0.1) is 10.5 Å². The van der Waals surface area contributed by atoms with E-state index in [1.165, 1.54) is 14.5 Å². The van der Waals surface area contributed by atoms with Crippen molar-refractivity contribution in [3.05, 3.63) is 39.1 Å². The van der Waals surface area contributed by atoms with Gasteiger partial charge in [-0.2, -0.15) is 0 Å². The maximum absolute atomic E-state index is 5.84.